The highest BCUT2D eigenvalue weighted by Gasteiger charge is 2.18. The molecule has 0 aliphatic heterocycles. The second-order valence-electron chi connectivity index (χ2n) is 4.31. The summed E-state index contributed by atoms with van der Waals surface area (Å²) in [7, 11) is 0. The Balaban J connectivity index is 2.48. The Labute approximate surface area is 120 Å². The van der Waals surface area contributed by atoms with Gasteiger partial charge in [0.05, 0.1) is 11.0 Å². The van der Waals surface area contributed by atoms with E-state index < -0.39 is 10.9 Å². The summed E-state index contributed by atoms with van der Waals surface area (Å²) in [5, 5.41) is 20.0. The Morgan fingerprint density at radius 1 is 1.24 bits per heavy atom. The zero-order chi connectivity index (χ0) is 15.4. The molecule has 0 bridgehead atoms. The number of hydrogen-bond acceptors (Lipinski definition) is 4. The van der Waals surface area contributed by atoms with Gasteiger partial charge in [0.25, 0.3) is 5.69 Å². The van der Waals surface area contributed by atoms with Crippen molar-refractivity contribution in [3.05, 3.63) is 63.7 Å². The summed E-state index contributed by atoms with van der Waals surface area (Å²) in [5.74, 6) is -0.755. The van der Waals surface area contributed by atoms with Crippen molar-refractivity contribution in [2.75, 3.05) is 0 Å². The smallest absolute Gasteiger partial charge is 0.339 e. The standard InChI is InChI=1S/C15H13NO5/c1-2-10-5-3-4-6-13(10)21-14-9-11(16(19)20)7-8-12(14)15(17)18/h3-9H,2H2,1H3,(H,17,18). The molecule has 2 rings (SSSR count). The molecular formula is C15H13NO5. The van der Waals surface area contributed by atoms with E-state index in [2.05, 4.69) is 0 Å². The molecule has 0 aliphatic rings. The molecule has 2 aromatic carbocycles. The lowest BCUT2D eigenvalue weighted by Crippen LogP contribution is -2.02. The molecule has 0 aliphatic carbocycles. The topological polar surface area (TPSA) is 89.7 Å². The molecule has 0 atom stereocenters. The summed E-state index contributed by atoms with van der Waals surface area (Å²) in [5.41, 5.74) is 0.552. The highest BCUT2D eigenvalue weighted by Crippen LogP contribution is 2.31. The van der Waals surface area contributed by atoms with Crippen molar-refractivity contribution in [1.82, 2.24) is 0 Å². The third kappa shape index (κ3) is 3.17. The number of rotatable bonds is 5. The van der Waals surface area contributed by atoms with Crippen LogP contribution in [-0.2, 0) is 6.42 Å². The first-order chi connectivity index (χ1) is 10.0. The SMILES string of the molecule is CCc1ccccc1Oc1cc([N+](=O)[O-])ccc1C(=O)O. The molecule has 0 radical (unpaired) electrons. The first-order valence-electron chi connectivity index (χ1n) is 6.30. The first kappa shape index (κ1) is 14.5. The van der Waals surface area contributed by atoms with Gasteiger partial charge in [0.15, 0.2) is 0 Å². The van der Waals surface area contributed by atoms with Crippen LogP contribution in [0.3, 0.4) is 0 Å². The number of carbonyl (C=O) groups is 1. The largest absolute Gasteiger partial charge is 0.478 e. The Hall–Kier alpha value is -2.89. The number of hydrogen-bond donors (Lipinski definition) is 1. The first-order valence-corrected chi connectivity index (χ1v) is 6.30. The van der Waals surface area contributed by atoms with Crippen LogP contribution in [0.5, 0.6) is 11.5 Å². The van der Waals surface area contributed by atoms with E-state index in [4.69, 9.17) is 9.84 Å². The van der Waals surface area contributed by atoms with Crippen LogP contribution < -0.4 is 4.74 Å². The summed E-state index contributed by atoms with van der Waals surface area (Å²) in [6, 6.07) is 10.6. The lowest BCUT2D eigenvalue weighted by molar-refractivity contribution is -0.384. The van der Waals surface area contributed by atoms with Gasteiger partial charge in [-0.3, -0.25) is 10.1 Å². The molecule has 6 heteroatoms. The monoisotopic (exact) mass is 287 g/mol. The number of carboxylic acids is 1. The zero-order valence-corrected chi connectivity index (χ0v) is 11.3. The number of non-ortho nitro benzene ring substituents is 1. The molecule has 0 saturated carbocycles. The predicted octanol–water partition coefficient (Wildman–Crippen LogP) is 3.65. The van der Waals surface area contributed by atoms with Crippen molar-refractivity contribution in [1.29, 1.82) is 0 Å². The number of nitrogens with zero attached hydrogens (tertiary/aromatic N) is 1. The Morgan fingerprint density at radius 3 is 2.57 bits per heavy atom. The highest BCUT2D eigenvalue weighted by atomic mass is 16.6. The minimum Gasteiger partial charge on any atom is -0.478 e. The van der Waals surface area contributed by atoms with E-state index in [1.165, 1.54) is 6.07 Å². The van der Waals surface area contributed by atoms with E-state index in [0.29, 0.717) is 12.2 Å². The van der Waals surface area contributed by atoms with Crippen LogP contribution in [0.1, 0.15) is 22.8 Å². The van der Waals surface area contributed by atoms with Crippen molar-refractivity contribution in [3.63, 3.8) is 0 Å². The maximum Gasteiger partial charge on any atom is 0.339 e. The fraction of sp³-hybridized carbons (Fsp3) is 0.133. The van der Waals surface area contributed by atoms with Crippen LogP contribution in [0, 0.1) is 10.1 Å². The van der Waals surface area contributed by atoms with Gasteiger partial charge in [0.2, 0.25) is 0 Å². The fourth-order valence-electron chi connectivity index (χ4n) is 1.90. The quantitative estimate of drug-likeness (QED) is 0.669. The number of carboxylic acid groups (broad SMARTS) is 1. The van der Waals surface area contributed by atoms with E-state index in [1.54, 1.807) is 12.1 Å². The zero-order valence-electron chi connectivity index (χ0n) is 11.3. The average Bonchev–Trinajstić information content (AvgIpc) is 2.47. The molecule has 2 aromatic rings. The van der Waals surface area contributed by atoms with Crippen LogP contribution in [-0.4, -0.2) is 16.0 Å². The van der Waals surface area contributed by atoms with Gasteiger partial charge in [-0.2, -0.15) is 0 Å². The van der Waals surface area contributed by atoms with Gasteiger partial charge in [-0.25, -0.2) is 4.79 Å². The molecule has 0 spiro atoms. The van der Waals surface area contributed by atoms with Crippen molar-refractivity contribution in [2.24, 2.45) is 0 Å². The summed E-state index contributed by atoms with van der Waals surface area (Å²) >= 11 is 0. The minimum atomic E-state index is -1.20. The molecule has 0 aromatic heterocycles. The summed E-state index contributed by atoms with van der Waals surface area (Å²) < 4.78 is 5.60. The van der Waals surface area contributed by atoms with E-state index in [1.807, 2.05) is 19.1 Å². The van der Waals surface area contributed by atoms with Gasteiger partial charge in [-0.05, 0) is 24.1 Å². The van der Waals surface area contributed by atoms with E-state index in [0.717, 1.165) is 17.7 Å². The number of benzene rings is 2. The molecule has 0 fully saturated rings. The fourth-order valence-corrected chi connectivity index (χ4v) is 1.90. The Morgan fingerprint density at radius 2 is 1.95 bits per heavy atom. The molecule has 0 unspecified atom stereocenters. The Kier molecular flexibility index (Phi) is 4.18. The molecule has 0 amide bonds. The number of nitro benzene ring substituents is 1. The molecule has 21 heavy (non-hydrogen) atoms. The second-order valence-corrected chi connectivity index (χ2v) is 4.31. The molecule has 1 N–H and O–H groups in total. The summed E-state index contributed by atoms with van der Waals surface area (Å²) in [6.07, 6.45) is 0.702. The van der Waals surface area contributed by atoms with Crippen molar-refractivity contribution in [3.8, 4) is 11.5 Å². The number of aromatic carboxylic acids is 1. The predicted molar refractivity (Wildman–Crippen MR) is 75.9 cm³/mol. The number of nitro groups is 1. The van der Waals surface area contributed by atoms with Crippen molar-refractivity contribution in [2.45, 2.75) is 13.3 Å². The van der Waals surface area contributed by atoms with Gasteiger partial charge in [-0.1, -0.05) is 25.1 Å². The second kappa shape index (κ2) is 6.04. The maximum atomic E-state index is 11.2. The lowest BCUT2D eigenvalue weighted by atomic mass is 10.1. The Bertz CT molecular complexity index is 696. The lowest BCUT2D eigenvalue weighted by Gasteiger charge is -2.11. The third-order valence-corrected chi connectivity index (χ3v) is 2.98. The summed E-state index contributed by atoms with van der Waals surface area (Å²) in [6.45, 7) is 1.94. The molecule has 0 heterocycles. The van der Waals surface area contributed by atoms with Crippen LogP contribution in [0.4, 0.5) is 5.69 Å². The van der Waals surface area contributed by atoms with Crippen molar-refractivity contribution < 1.29 is 19.6 Å². The maximum absolute atomic E-state index is 11.2. The van der Waals surface area contributed by atoms with Crippen LogP contribution in [0.2, 0.25) is 0 Å². The van der Waals surface area contributed by atoms with Gasteiger partial charge in [-0.15, -0.1) is 0 Å². The highest BCUT2D eigenvalue weighted by molar-refractivity contribution is 5.91. The van der Waals surface area contributed by atoms with Gasteiger partial charge in [0, 0.05) is 6.07 Å². The minimum absolute atomic E-state index is 0.0439. The molecule has 108 valence electrons. The average molecular weight is 287 g/mol. The number of aryl methyl sites for hydroxylation is 1. The van der Waals surface area contributed by atoms with Crippen LogP contribution in [0.15, 0.2) is 42.5 Å². The van der Waals surface area contributed by atoms with E-state index in [9.17, 15) is 14.9 Å². The third-order valence-electron chi connectivity index (χ3n) is 2.98. The van der Waals surface area contributed by atoms with E-state index >= 15 is 0 Å². The summed E-state index contributed by atoms with van der Waals surface area (Å²) in [4.78, 5) is 21.4. The number of ether oxygens (including phenoxy) is 1. The van der Waals surface area contributed by atoms with Gasteiger partial charge < -0.3 is 9.84 Å². The molecule has 6 nitrogen and oxygen atoms in total. The van der Waals surface area contributed by atoms with Crippen LogP contribution in [0.25, 0.3) is 0 Å². The number of para-hydroxylation sites is 1. The van der Waals surface area contributed by atoms with Crippen LogP contribution >= 0.6 is 0 Å². The molecular weight excluding hydrogens is 274 g/mol. The van der Waals surface area contributed by atoms with Gasteiger partial charge in [0.1, 0.15) is 17.1 Å². The normalized spacial score (nSPS) is 10.1. The van der Waals surface area contributed by atoms with E-state index in [-0.39, 0.29) is 17.0 Å². The molecule has 0 saturated heterocycles. The van der Waals surface area contributed by atoms with Gasteiger partial charge >= 0.3 is 5.97 Å². The van der Waals surface area contributed by atoms with Crippen molar-refractivity contribution >= 4 is 11.7 Å².